The van der Waals surface area contributed by atoms with Crippen molar-refractivity contribution in [3.8, 4) is 17.1 Å². The van der Waals surface area contributed by atoms with Crippen molar-refractivity contribution < 1.29 is 14.3 Å². The normalized spacial score (nSPS) is 14.4. The molecular formula is C23H26N6O3. The predicted octanol–water partition coefficient (Wildman–Crippen LogP) is 2.74. The van der Waals surface area contributed by atoms with Gasteiger partial charge in [-0.05, 0) is 60.7 Å². The Hall–Kier alpha value is -3.62. The average molecular weight is 435 g/mol. The standard InChI is InChI=1S/C23H26N6O3/c1-15-10-18(22-26-28-29(27-22)14-16-6-8-19(30)9-7-16)12-21(25-15)23(31)24-13-17-4-3-5-20(11-17)32-2/h3-5,10-12,16H,6-9,13-14H2,1-2H3,(H,24,31). The molecule has 1 fully saturated rings. The summed E-state index contributed by atoms with van der Waals surface area (Å²) in [7, 11) is 1.61. The van der Waals surface area contributed by atoms with Crippen molar-refractivity contribution in [1.29, 1.82) is 0 Å². The van der Waals surface area contributed by atoms with Gasteiger partial charge in [0.15, 0.2) is 0 Å². The quantitative estimate of drug-likeness (QED) is 0.608. The lowest BCUT2D eigenvalue weighted by atomic mass is 9.88. The van der Waals surface area contributed by atoms with Crippen LogP contribution in [0.4, 0.5) is 0 Å². The highest BCUT2D eigenvalue weighted by Crippen LogP contribution is 2.23. The smallest absolute Gasteiger partial charge is 0.270 e. The van der Waals surface area contributed by atoms with Gasteiger partial charge in [-0.3, -0.25) is 9.59 Å². The first-order valence-electron chi connectivity index (χ1n) is 10.7. The van der Waals surface area contributed by atoms with E-state index in [1.807, 2.05) is 37.3 Å². The molecule has 0 radical (unpaired) electrons. The Balaban J connectivity index is 1.43. The molecule has 1 N–H and O–H groups in total. The lowest BCUT2D eigenvalue weighted by Crippen LogP contribution is -2.24. The third-order valence-corrected chi connectivity index (χ3v) is 5.57. The molecule has 0 bridgehead atoms. The van der Waals surface area contributed by atoms with Gasteiger partial charge < -0.3 is 10.1 Å². The summed E-state index contributed by atoms with van der Waals surface area (Å²) < 4.78 is 5.22. The molecule has 166 valence electrons. The first kappa shape index (κ1) is 21.6. The molecule has 2 heterocycles. The number of hydrogen-bond acceptors (Lipinski definition) is 7. The summed E-state index contributed by atoms with van der Waals surface area (Å²) in [4.78, 5) is 30.1. The molecule has 2 aromatic heterocycles. The fourth-order valence-electron chi connectivity index (χ4n) is 3.82. The van der Waals surface area contributed by atoms with Crippen LogP contribution in [0.3, 0.4) is 0 Å². The Bertz CT molecular complexity index is 1120. The Morgan fingerprint density at radius 1 is 1.22 bits per heavy atom. The maximum atomic E-state index is 12.7. The Morgan fingerprint density at radius 2 is 2.03 bits per heavy atom. The van der Waals surface area contributed by atoms with E-state index in [9.17, 15) is 9.59 Å². The van der Waals surface area contributed by atoms with E-state index >= 15 is 0 Å². The molecule has 1 aliphatic rings. The number of rotatable bonds is 7. The molecule has 0 atom stereocenters. The topological polar surface area (TPSA) is 112 Å². The molecule has 0 aliphatic heterocycles. The maximum Gasteiger partial charge on any atom is 0.270 e. The van der Waals surface area contributed by atoms with Crippen LogP contribution in [0.5, 0.6) is 5.75 Å². The Morgan fingerprint density at radius 3 is 2.81 bits per heavy atom. The largest absolute Gasteiger partial charge is 0.497 e. The number of ketones is 1. The SMILES string of the molecule is COc1cccc(CNC(=O)c2cc(-c3nnn(CC4CCC(=O)CC4)n3)cc(C)n2)c1. The summed E-state index contributed by atoms with van der Waals surface area (Å²) in [5.74, 6) is 1.62. The number of ether oxygens (including phenoxy) is 1. The van der Waals surface area contributed by atoms with Crippen molar-refractivity contribution >= 4 is 11.7 Å². The zero-order valence-corrected chi connectivity index (χ0v) is 18.2. The molecule has 0 spiro atoms. The van der Waals surface area contributed by atoms with Gasteiger partial charge in [0.2, 0.25) is 5.82 Å². The van der Waals surface area contributed by atoms with Crippen LogP contribution in [0, 0.1) is 12.8 Å². The van der Waals surface area contributed by atoms with Crippen LogP contribution in [0.2, 0.25) is 0 Å². The molecule has 3 aromatic rings. The molecule has 1 saturated carbocycles. The van der Waals surface area contributed by atoms with E-state index in [-0.39, 0.29) is 5.91 Å². The fraction of sp³-hybridized carbons (Fsp3) is 0.391. The van der Waals surface area contributed by atoms with Crippen molar-refractivity contribution in [3.05, 3.63) is 53.3 Å². The molecule has 1 aromatic carbocycles. The van der Waals surface area contributed by atoms with E-state index < -0.39 is 0 Å². The first-order chi connectivity index (χ1) is 15.5. The van der Waals surface area contributed by atoms with Crippen molar-refractivity contribution in [1.82, 2.24) is 30.5 Å². The second kappa shape index (κ2) is 9.67. The second-order valence-corrected chi connectivity index (χ2v) is 8.07. The molecule has 0 unspecified atom stereocenters. The molecule has 32 heavy (non-hydrogen) atoms. The number of nitrogens with one attached hydrogen (secondary N) is 1. The number of methoxy groups -OCH3 is 1. The van der Waals surface area contributed by atoms with Crippen LogP contribution in [0.25, 0.3) is 11.4 Å². The van der Waals surface area contributed by atoms with E-state index in [1.165, 1.54) is 0 Å². The van der Waals surface area contributed by atoms with Gasteiger partial charge in [-0.25, -0.2) is 4.98 Å². The Labute approximate surface area is 186 Å². The van der Waals surface area contributed by atoms with Crippen LogP contribution < -0.4 is 10.1 Å². The number of aromatic nitrogens is 5. The summed E-state index contributed by atoms with van der Waals surface area (Å²) >= 11 is 0. The third-order valence-electron chi connectivity index (χ3n) is 5.57. The second-order valence-electron chi connectivity index (χ2n) is 8.07. The van der Waals surface area contributed by atoms with Crippen molar-refractivity contribution in [2.24, 2.45) is 5.92 Å². The summed E-state index contributed by atoms with van der Waals surface area (Å²) in [5.41, 5.74) is 2.61. The van der Waals surface area contributed by atoms with Crippen LogP contribution >= 0.6 is 0 Å². The zero-order valence-electron chi connectivity index (χ0n) is 18.2. The number of nitrogens with zero attached hydrogens (tertiary/aromatic N) is 5. The number of carbonyl (C=O) groups excluding carboxylic acids is 2. The molecule has 1 aliphatic carbocycles. The summed E-state index contributed by atoms with van der Waals surface area (Å²) in [6.07, 6.45) is 2.98. The number of carbonyl (C=O) groups is 2. The van der Waals surface area contributed by atoms with Crippen LogP contribution in [-0.4, -0.2) is 44.0 Å². The number of hydrogen-bond donors (Lipinski definition) is 1. The number of benzene rings is 1. The number of pyridine rings is 1. The lowest BCUT2D eigenvalue weighted by molar-refractivity contribution is -0.121. The lowest BCUT2D eigenvalue weighted by Gasteiger charge is -2.19. The monoisotopic (exact) mass is 434 g/mol. The molecule has 9 heteroatoms. The number of amides is 1. The highest BCUT2D eigenvalue weighted by atomic mass is 16.5. The average Bonchev–Trinajstić information content (AvgIpc) is 3.27. The minimum Gasteiger partial charge on any atom is -0.497 e. The minimum atomic E-state index is -0.281. The Kier molecular flexibility index (Phi) is 6.53. The zero-order chi connectivity index (χ0) is 22.5. The van der Waals surface area contributed by atoms with E-state index in [4.69, 9.17) is 4.74 Å². The van der Waals surface area contributed by atoms with Crippen molar-refractivity contribution in [2.75, 3.05) is 7.11 Å². The number of Topliss-reactive ketones (excluding diaryl/α,β-unsaturated/α-hetero) is 1. The molecular weight excluding hydrogens is 408 g/mol. The highest BCUT2D eigenvalue weighted by molar-refractivity contribution is 5.93. The van der Waals surface area contributed by atoms with Gasteiger partial charge in [0.1, 0.15) is 17.2 Å². The van der Waals surface area contributed by atoms with Gasteiger partial charge in [0.25, 0.3) is 5.91 Å². The van der Waals surface area contributed by atoms with Crippen LogP contribution in [0.15, 0.2) is 36.4 Å². The van der Waals surface area contributed by atoms with Crippen molar-refractivity contribution in [2.45, 2.75) is 45.7 Å². The van der Waals surface area contributed by atoms with Gasteiger partial charge in [-0.2, -0.15) is 4.80 Å². The molecule has 1 amide bonds. The summed E-state index contributed by atoms with van der Waals surface area (Å²) in [5, 5.41) is 15.7. The third kappa shape index (κ3) is 5.35. The van der Waals surface area contributed by atoms with Crippen LogP contribution in [-0.2, 0) is 17.9 Å². The van der Waals surface area contributed by atoms with Gasteiger partial charge in [-0.1, -0.05) is 12.1 Å². The summed E-state index contributed by atoms with van der Waals surface area (Å²) in [6, 6.07) is 11.0. The molecule has 4 rings (SSSR count). The number of aryl methyl sites for hydroxylation is 1. The predicted molar refractivity (Wildman–Crippen MR) is 117 cm³/mol. The van der Waals surface area contributed by atoms with Gasteiger partial charge in [0.05, 0.1) is 13.7 Å². The van der Waals surface area contributed by atoms with Crippen LogP contribution in [0.1, 0.15) is 47.4 Å². The number of tetrazole rings is 1. The fourth-order valence-corrected chi connectivity index (χ4v) is 3.82. The molecule has 0 saturated heterocycles. The van der Waals surface area contributed by atoms with E-state index in [1.54, 1.807) is 18.0 Å². The van der Waals surface area contributed by atoms with Crippen molar-refractivity contribution in [3.63, 3.8) is 0 Å². The van der Waals surface area contributed by atoms with E-state index in [2.05, 4.69) is 25.7 Å². The van der Waals surface area contributed by atoms with Gasteiger partial charge in [-0.15, -0.1) is 10.2 Å². The van der Waals surface area contributed by atoms with E-state index in [0.29, 0.717) is 60.4 Å². The highest BCUT2D eigenvalue weighted by Gasteiger charge is 2.20. The van der Waals surface area contributed by atoms with Gasteiger partial charge >= 0.3 is 0 Å². The maximum absolute atomic E-state index is 12.7. The minimum absolute atomic E-state index is 0.281. The first-order valence-corrected chi connectivity index (χ1v) is 10.7. The van der Waals surface area contributed by atoms with Gasteiger partial charge in [0, 0.05) is 30.6 Å². The molecule has 9 nitrogen and oxygen atoms in total. The summed E-state index contributed by atoms with van der Waals surface area (Å²) in [6.45, 7) is 2.82. The van der Waals surface area contributed by atoms with E-state index in [0.717, 1.165) is 24.2 Å².